The lowest BCUT2D eigenvalue weighted by molar-refractivity contribution is -0.139. The number of primary amides is 2. The topological polar surface area (TPSA) is 504 Å². The highest BCUT2D eigenvalue weighted by Gasteiger charge is 2.36. The highest BCUT2D eigenvalue weighted by atomic mass is 19.1. The quantitative estimate of drug-likeness (QED) is 0.00967. The molecule has 0 aliphatic rings. The van der Waals surface area contributed by atoms with Crippen LogP contribution in [0, 0.1) is 11.7 Å². The molecule has 1 heterocycles. The number of hydrogen-bond donors (Lipinski definition) is 18. The van der Waals surface area contributed by atoms with Gasteiger partial charge in [-0.2, -0.15) is 0 Å². The molecule has 90 heavy (non-hydrogen) atoms. The number of urea groups is 1. The maximum absolute atomic E-state index is 14.1. The minimum atomic E-state index is -2.01. The number of rotatable bonds is 34. The second-order valence-electron chi connectivity index (χ2n) is 21.5. The van der Waals surface area contributed by atoms with E-state index in [0.717, 1.165) is 36.9 Å². The smallest absolute Gasteiger partial charge is 0.334 e. The van der Waals surface area contributed by atoms with Gasteiger partial charge in [0.25, 0.3) is 5.91 Å². The van der Waals surface area contributed by atoms with Gasteiger partial charge in [0.2, 0.25) is 53.2 Å². The van der Waals surface area contributed by atoms with Gasteiger partial charge in [-0.1, -0.05) is 56.3 Å². The Morgan fingerprint density at radius 1 is 0.600 bits per heavy atom. The van der Waals surface area contributed by atoms with Gasteiger partial charge in [-0.15, -0.1) is 0 Å². The van der Waals surface area contributed by atoms with Crippen molar-refractivity contribution in [2.75, 3.05) is 13.6 Å². The average molecular weight is 1260 g/mol. The number of aromatic nitrogens is 1. The number of halogens is 1. The number of aromatic hydroxyl groups is 1. The van der Waals surface area contributed by atoms with Gasteiger partial charge in [-0.3, -0.25) is 63.2 Å². The van der Waals surface area contributed by atoms with Crippen LogP contribution in [-0.2, 0) is 72.0 Å². The van der Waals surface area contributed by atoms with Gasteiger partial charge in [0.15, 0.2) is 5.96 Å². The number of phenols is 1. The molecule has 12 amide bonds. The van der Waals surface area contributed by atoms with Gasteiger partial charge in [0.05, 0.1) is 12.5 Å². The predicted molar refractivity (Wildman–Crippen MR) is 322 cm³/mol. The molecular weight excluding hydrogens is 1180 g/mol. The van der Waals surface area contributed by atoms with Crippen molar-refractivity contribution in [3.63, 3.8) is 0 Å². The first kappa shape index (κ1) is 72.1. The fourth-order valence-corrected chi connectivity index (χ4v) is 9.06. The van der Waals surface area contributed by atoms with Crippen molar-refractivity contribution in [2.45, 2.75) is 140 Å². The highest BCUT2D eigenvalue weighted by Crippen LogP contribution is 2.20. The summed E-state index contributed by atoms with van der Waals surface area (Å²) in [6, 6.07) is 3.56. The number of fused-ring (bicyclic) bond motifs is 1. The summed E-state index contributed by atoms with van der Waals surface area (Å²) in [7, 11) is 1.46. The molecule has 0 radical (unpaired) electrons. The molecule has 4 rings (SSSR count). The molecule has 9 atom stereocenters. The van der Waals surface area contributed by atoms with Crippen LogP contribution in [0.2, 0.25) is 0 Å². The van der Waals surface area contributed by atoms with Crippen LogP contribution >= 0.6 is 0 Å². The largest absolute Gasteiger partial charge is 0.508 e. The van der Waals surface area contributed by atoms with Gasteiger partial charge in [0.1, 0.15) is 59.9 Å². The molecule has 21 N–H and O–H groups in total. The van der Waals surface area contributed by atoms with Gasteiger partial charge in [0, 0.05) is 63.3 Å². The van der Waals surface area contributed by atoms with Crippen LogP contribution in [0.5, 0.6) is 5.75 Å². The highest BCUT2D eigenvalue weighted by molar-refractivity contribution is 5.99. The number of hydrazine groups is 1. The van der Waals surface area contributed by atoms with Crippen LogP contribution < -0.4 is 75.9 Å². The fourth-order valence-electron chi connectivity index (χ4n) is 9.06. The van der Waals surface area contributed by atoms with E-state index in [9.17, 15) is 77.2 Å². The number of nitrogens with two attached hydrogens (primary N) is 3. The number of aromatic amines is 1. The number of nitrogens with one attached hydrogen (secondary N) is 12. The monoisotopic (exact) mass is 1260 g/mol. The number of carboxylic acid groups (broad SMARTS) is 1. The summed E-state index contributed by atoms with van der Waals surface area (Å²) in [6.07, 6.45) is -2.82. The van der Waals surface area contributed by atoms with E-state index in [1.807, 2.05) is 18.2 Å². The first-order valence-corrected chi connectivity index (χ1v) is 28.5. The third kappa shape index (κ3) is 24.4. The zero-order valence-electron chi connectivity index (χ0n) is 50.1. The van der Waals surface area contributed by atoms with Crippen molar-refractivity contribution in [1.82, 2.24) is 63.7 Å². The SMILES string of the molecule is CN=C(N)NCCC[C@H](NC(=O)[C@H](CC(C)C)NC(=O)NNC(=O)[C@H](Cc1ccc(F)cc1)NC(=O)[C@@H](NC(=O)[C@H](CC(N)=O)NC(=O)[C@H](CCC(=O)O)NC(=O)[C@@H](Cc1ccc(O)cc1)NC(C)=O)[C@@H](C)O)C(=O)N[C@@H](Cc1c[nH]c2ccccc12)C(N)=O. The summed E-state index contributed by atoms with van der Waals surface area (Å²) in [5.41, 5.74) is 23.3. The molecule has 0 aliphatic heterocycles. The molecule has 0 spiro atoms. The van der Waals surface area contributed by atoms with Crippen molar-refractivity contribution in [2.24, 2.45) is 28.1 Å². The summed E-state index contributed by atoms with van der Waals surface area (Å²) in [5.74, 6) is -12.6. The van der Waals surface area contributed by atoms with Crippen LogP contribution in [0.15, 0.2) is 84.0 Å². The molecule has 3 aromatic carbocycles. The van der Waals surface area contributed by atoms with Crippen molar-refractivity contribution in [3.05, 3.63) is 102 Å². The molecule has 0 aliphatic carbocycles. The number of amides is 12. The number of phenolic OH excluding ortho intramolecular Hbond substituents is 1. The first-order valence-electron chi connectivity index (χ1n) is 28.5. The number of guanidine groups is 1. The van der Waals surface area contributed by atoms with E-state index < -0.39 is 157 Å². The third-order valence-corrected chi connectivity index (χ3v) is 13.7. The van der Waals surface area contributed by atoms with E-state index in [4.69, 9.17) is 17.2 Å². The van der Waals surface area contributed by atoms with Crippen molar-refractivity contribution < 1.29 is 77.2 Å². The fraction of sp³-hybridized carbons (Fsp3) is 0.431. The Labute approximate surface area is 516 Å². The molecular formula is C58H79FN16O15. The molecule has 488 valence electrons. The lowest BCUT2D eigenvalue weighted by Crippen LogP contribution is -2.62. The molecule has 4 aromatic rings. The van der Waals surface area contributed by atoms with Crippen LogP contribution in [0.1, 0.15) is 82.9 Å². The number of para-hydroxylation sites is 1. The maximum atomic E-state index is 14.1. The Balaban J connectivity index is 1.52. The number of carbonyl (C=O) groups excluding carboxylic acids is 11. The average Bonchev–Trinajstić information content (AvgIpc) is 3.95. The Kier molecular flexibility index (Phi) is 28.4. The van der Waals surface area contributed by atoms with E-state index in [2.05, 4.69) is 68.7 Å². The normalized spacial score (nSPS) is 14.2. The van der Waals surface area contributed by atoms with Crippen LogP contribution in [-0.4, -0.2) is 165 Å². The van der Waals surface area contributed by atoms with E-state index in [0.29, 0.717) is 11.1 Å². The van der Waals surface area contributed by atoms with Crippen LogP contribution in [0.25, 0.3) is 10.9 Å². The minimum Gasteiger partial charge on any atom is -0.508 e. The van der Waals surface area contributed by atoms with Gasteiger partial charge >= 0.3 is 12.0 Å². The number of carboxylic acids is 1. The molecule has 0 unspecified atom stereocenters. The van der Waals surface area contributed by atoms with E-state index in [1.165, 1.54) is 43.4 Å². The summed E-state index contributed by atoms with van der Waals surface area (Å²) in [5, 5.41) is 52.9. The lowest BCUT2D eigenvalue weighted by atomic mass is 10.0. The Bertz CT molecular complexity index is 3220. The predicted octanol–water partition coefficient (Wildman–Crippen LogP) is -2.88. The first-order chi connectivity index (χ1) is 42.5. The molecule has 32 heteroatoms. The Morgan fingerprint density at radius 2 is 1.13 bits per heavy atom. The summed E-state index contributed by atoms with van der Waals surface area (Å²) in [6.45, 7) is 5.84. The van der Waals surface area contributed by atoms with E-state index >= 15 is 0 Å². The number of aliphatic hydroxyl groups excluding tert-OH is 1. The van der Waals surface area contributed by atoms with Crippen molar-refractivity contribution in [1.29, 1.82) is 0 Å². The van der Waals surface area contributed by atoms with Crippen LogP contribution in [0.3, 0.4) is 0 Å². The number of nitrogens with zero attached hydrogens (tertiary/aromatic N) is 1. The van der Waals surface area contributed by atoms with Crippen LogP contribution in [0.4, 0.5) is 9.18 Å². The number of aliphatic carboxylic acids is 1. The third-order valence-electron chi connectivity index (χ3n) is 13.7. The second kappa shape index (κ2) is 35.4. The summed E-state index contributed by atoms with van der Waals surface area (Å²) < 4.78 is 14.0. The minimum absolute atomic E-state index is 0.00553. The standard InChI is InChI=1S/C58H79FN16O15/c1-29(2)23-42(52(85)67-39(11-8-22-64-57(62)63-5)50(83)69-41(49(61)82)26-34-28-65-38-10-7-6-9-37(34)38)72-58(90)75-74-55(88)44(25-32-12-16-35(59)17-13-32)71-56(89)48(30(3)76)73-54(87)45(27-46(60)79)70-51(84)40(20-21-47(80)81)68-53(86)43(66-31(4)77)24-33-14-18-36(78)19-15-33/h6-7,9-10,12-19,28-30,39-45,48,65,76,78H,8,11,20-27H2,1-5H3,(H2,60,79)(H2,61,82)(H,66,77)(H,67,85)(H,68,86)(H,69,83)(H,70,84)(H,71,89)(H,73,87)(H,74,88)(H,80,81)(H3,62,63,64)(H2,72,75,90)/t30-,39+,40+,41+,42+,43-,44+,45+,48+/m1/s1. The Hall–Kier alpha value is -10.4. The molecule has 0 fully saturated rings. The van der Waals surface area contributed by atoms with Crippen molar-refractivity contribution >= 4 is 87.9 Å². The zero-order chi connectivity index (χ0) is 66.8. The van der Waals surface area contributed by atoms with Gasteiger partial charge in [-0.05, 0) is 85.5 Å². The second-order valence-corrected chi connectivity index (χ2v) is 21.5. The Morgan fingerprint density at radius 3 is 1.70 bits per heavy atom. The molecule has 0 saturated heterocycles. The number of aliphatic imine (C=N–C) groups is 1. The molecule has 0 bridgehead atoms. The summed E-state index contributed by atoms with van der Waals surface area (Å²) >= 11 is 0. The summed E-state index contributed by atoms with van der Waals surface area (Å²) in [4.78, 5) is 167. The zero-order valence-corrected chi connectivity index (χ0v) is 50.1. The maximum Gasteiger partial charge on any atom is 0.334 e. The molecule has 1 aromatic heterocycles. The number of benzene rings is 3. The van der Waals surface area contributed by atoms with Gasteiger partial charge < -0.3 is 85.4 Å². The number of carbonyl (C=O) groups is 12. The number of H-pyrrole nitrogens is 1. The van der Waals surface area contributed by atoms with E-state index in [-0.39, 0.29) is 61.8 Å². The molecule has 31 nitrogen and oxygen atoms in total. The lowest BCUT2D eigenvalue weighted by Gasteiger charge is -2.28. The molecule has 0 saturated carbocycles. The van der Waals surface area contributed by atoms with E-state index in [1.54, 1.807) is 26.1 Å². The van der Waals surface area contributed by atoms with Gasteiger partial charge in [-0.25, -0.2) is 14.6 Å². The number of aliphatic hydroxyl groups is 1. The van der Waals surface area contributed by atoms with Crippen molar-refractivity contribution in [3.8, 4) is 5.75 Å². The number of hydrogen-bond acceptors (Lipinski definition) is 15.